The minimum atomic E-state index is -2.07. The summed E-state index contributed by atoms with van der Waals surface area (Å²) in [6.07, 6.45) is 2.72. The number of nitrogens with zero attached hydrogens (tertiary/aromatic N) is 1. The predicted molar refractivity (Wildman–Crippen MR) is 124 cm³/mol. The largest absolute Gasteiger partial charge is 0.487 e. The summed E-state index contributed by atoms with van der Waals surface area (Å²) in [5, 5.41) is 10.9. The van der Waals surface area contributed by atoms with E-state index in [1.807, 2.05) is 51.1 Å². The third kappa shape index (κ3) is 6.02. The number of hydrogen-bond acceptors (Lipinski definition) is 5. The molecule has 1 aliphatic rings. The van der Waals surface area contributed by atoms with Crippen LogP contribution in [0.15, 0.2) is 47.9 Å². The first-order chi connectivity index (χ1) is 14.9. The third-order valence-corrected chi connectivity index (χ3v) is 4.58. The van der Waals surface area contributed by atoms with Crippen LogP contribution in [0.1, 0.15) is 54.0 Å². The minimum absolute atomic E-state index is 0.0000448. The zero-order valence-electron chi connectivity index (χ0n) is 19.9. The summed E-state index contributed by atoms with van der Waals surface area (Å²) in [7, 11) is 0. The number of carbonyl (C=O) groups excluding carboxylic acids is 2. The summed E-state index contributed by atoms with van der Waals surface area (Å²) in [6.45, 7) is 12.9. The van der Waals surface area contributed by atoms with Gasteiger partial charge in [0.25, 0.3) is 11.4 Å². The lowest BCUT2D eigenvalue weighted by molar-refractivity contribution is -0.143. The molecular weight excluding hydrogens is 406 g/mol. The number of ketones is 1. The molecule has 0 aromatic heterocycles. The number of hydrogen-bond donors (Lipinski definition) is 1. The van der Waals surface area contributed by atoms with Crippen molar-refractivity contribution in [2.45, 2.75) is 71.8 Å². The van der Waals surface area contributed by atoms with Gasteiger partial charge in [0, 0.05) is 11.6 Å². The van der Waals surface area contributed by atoms with E-state index in [4.69, 9.17) is 9.47 Å². The highest BCUT2D eigenvalue weighted by Gasteiger charge is 2.56. The molecule has 172 valence electrons. The predicted octanol–water partition coefficient (Wildman–Crippen LogP) is 3.71. The Morgan fingerprint density at radius 2 is 1.72 bits per heavy atom. The molecule has 1 aromatic carbocycles. The second-order valence-corrected chi connectivity index (χ2v) is 9.17. The lowest BCUT2D eigenvalue weighted by atomic mass is 9.83. The lowest BCUT2D eigenvalue weighted by Gasteiger charge is -2.36. The molecule has 1 N–H and O–H groups in total. The van der Waals surface area contributed by atoms with E-state index in [2.05, 4.69) is 11.8 Å². The highest BCUT2D eigenvalue weighted by atomic mass is 16.5. The Bertz CT molecular complexity index is 957. The normalized spacial score (nSPS) is 18.5. The van der Waals surface area contributed by atoms with Crippen molar-refractivity contribution in [3.05, 3.63) is 53.5 Å². The summed E-state index contributed by atoms with van der Waals surface area (Å²) in [5.41, 5.74) is -1.67. The van der Waals surface area contributed by atoms with Crippen LogP contribution in [0, 0.1) is 11.8 Å². The van der Waals surface area contributed by atoms with Crippen LogP contribution in [0.5, 0.6) is 0 Å². The van der Waals surface area contributed by atoms with E-state index in [-0.39, 0.29) is 36.2 Å². The molecule has 0 saturated heterocycles. The summed E-state index contributed by atoms with van der Waals surface area (Å²) in [5.74, 6) is 4.58. The van der Waals surface area contributed by atoms with Crippen LogP contribution in [0.3, 0.4) is 0 Å². The van der Waals surface area contributed by atoms with Gasteiger partial charge in [-0.1, -0.05) is 36.3 Å². The Hall–Kier alpha value is -3.04. The first-order valence-electron chi connectivity index (χ1n) is 10.8. The summed E-state index contributed by atoms with van der Waals surface area (Å²) >= 11 is 0. The van der Waals surface area contributed by atoms with E-state index in [1.54, 1.807) is 38.7 Å². The van der Waals surface area contributed by atoms with Crippen molar-refractivity contribution < 1.29 is 24.2 Å². The molecule has 0 aliphatic heterocycles. The van der Waals surface area contributed by atoms with Gasteiger partial charge < -0.3 is 19.5 Å². The molecule has 0 saturated carbocycles. The third-order valence-electron chi connectivity index (χ3n) is 4.58. The van der Waals surface area contributed by atoms with Crippen LogP contribution < -0.4 is 0 Å². The average Bonchev–Trinajstić information content (AvgIpc) is 2.71. The van der Waals surface area contributed by atoms with Crippen molar-refractivity contribution >= 4 is 17.8 Å². The Balaban J connectivity index is 2.24. The second kappa shape index (κ2) is 10.1. The lowest BCUT2D eigenvalue weighted by Crippen LogP contribution is -2.52. The maximum absolute atomic E-state index is 12.8. The van der Waals surface area contributed by atoms with Crippen LogP contribution in [0.25, 0.3) is 6.08 Å². The standard InChI is InChI=1S/C26H33NO5/c1-18(2)31-22-23(29)26(30,24(22)32-19(3)4)16-11-17-27(25(5,6)7)21(28)15-14-20-12-9-8-10-13-20/h8-10,12-15,18-19,30H,17H2,1-7H3/b15-14+. The Labute approximate surface area is 190 Å². The van der Waals surface area contributed by atoms with Crippen LogP contribution in [-0.2, 0) is 19.1 Å². The van der Waals surface area contributed by atoms with Gasteiger partial charge in [-0.15, -0.1) is 0 Å². The average molecular weight is 440 g/mol. The zero-order chi connectivity index (χ0) is 24.1. The molecule has 0 radical (unpaired) electrons. The van der Waals surface area contributed by atoms with Crippen molar-refractivity contribution in [3.8, 4) is 11.8 Å². The number of ether oxygens (including phenoxy) is 2. The smallest absolute Gasteiger partial charge is 0.254 e. The minimum Gasteiger partial charge on any atom is -0.487 e. The summed E-state index contributed by atoms with van der Waals surface area (Å²) in [4.78, 5) is 27.0. The van der Waals surface area contributed by atoms with E-state index < -0.39 is 16.9 Å². The van der Waals surface area contributed by atoms with Crippen LogP contribution in [-0.4, -0.2) is 51.6 Å². The fourth-order valence-electron chi connectivity index (χ4n) is 3.02. The number of Topliss-reactive ketones (excluding diaryl/α,β-unsaturated/α-hetero) is 1. The number of amides is 1. The molecule has 6 heteroatoms. The molecule has 6 nitrogen and oxygen atoms in total. The zero-order valence-corrected chi connectivity index (χ0v) is 19.9. The molecule has 0 heterocycles. The molecule has 1 atom stereocenters. The second-order valence-electron chi connectivity index (χ2n) is 9.17. The fraction of sp³-hybridized carbons (Fsp3) is 0.462. The number of carbonyl (C=O) groups is 2. The van der Waals surface area contributed by atoms with Crippen molar-refractivity contribution in [3.63, 3.8) is 0 Å². The van der Waals surface area contributed by atoms with Gasteiger partial charge >= 0.3 is 0 Å². The molecule has 2 rings (SSSR count). The number of rotatable bonds is 7. The van der Waals surface area contributed by atoms with Gasteiger partial charge in [-0.2, -0.15) is 0 Å². The van der Waals surface area contributed by atoms with Crippen molar-refractivity contribution in [1.82, 2.24) is 4.90 Å². The SMILES string of the molecule is CC(C)OC1=C(OC(C)C)C(O)(C#CCN(C(=O)/C=C/c2ccccc2)C(C)(C)C)C1=O. The van der Waals surface area contributed by atoms with Gasteiger partial charge in [0.05, 0.1) is 18.8 Å². The highest BCUT2D eigenvalue weighted by Crippen LogP contribution is 2.37. The van der Waals surface area contributed by atoms with E-state index in [0.717, 1.165) is 5.56 Å². The maximum atomic E-state index is 12.8. The molecule has 1 aliphatic carbocycles. The van der Waals surface area contributed by atoms with Gasteiger partial charge in [-0.3, -0.25) is 9.59 Å². The van der Waals surface area contributed by atoms with Crippen molar-refractivity contribution in [1.29, 1.82) is 0 Å². The molecule has 0 spiro atoms. The van der Waals surface area contributed by atoms with Gasteiger partial charge in [0.2, 0.25) is 11.7 Å². The molecule has 0 bridgehead atoms. The van der Waals surface area contributed by atoms with Crippen LogP contribution in [0.2, 0.25) is 0 Å². The van der Waals surface area contributed by atoms with Crippen LogP contribution >= 0.6 is 0 Å². The maximum Gasteiger partial charge on any atom is 0.254 e. The quantitative estimate of drug-likeness (QED) is 0.518. The molecule has 0 fully saturated rings. The van der Waals surface area contributed by atoms with Gasteiger partial charge in [-0.25, -0.2) is 0 Å². The van der Waals surface area contributed by atoms with E-state index in [9.17, 15) is 14.7 Å². The Kier molecular flexibility index (Phi) is 7.92. The number of aliphatic hydroxyl groups is 1. The molecular formula is C26H33NO5. The Morgan fingerprint density at radius 3 is 2.25 bits per heavy atom. The molecule has 1 amide bonds. The van der Waals surface area contributed by atoms with Gasteiger partial charge in [0.15, 0.2) is 5.76 Å². The number of benzene rings is 1. The first kappa shape index (κ1) is 25.2. The van der Waals surface area contributed by atoms with Gasteiger partial charge in [-0.05, 0) is 66.0 Å². The van der Waals surface area contributed by atoms with Crippen LogP contribution in [0.4, 0.5) is 0 Å². The Morgan fingerprint density at radius 1 is 1.12 bits per heavy atom. The van der Waals surface area contributed by atoms with E-state index >= 15 is 0 Å². The topological polar surface area (TPSA) is 76.1 Å². The molecule has 32 heavy (non-hydrogen) atoms. The van der Waals surface area contributed by atoms with Crippen molar-refractivity contribution in [2.75, 3.05) is 6.54 Å². The molecule has 1 aromatic rings. The van der Waals surface area contributed by atoms with Crippen molar-refractivity contribution in [2.24, 2.45) is 0 Å². The highest BCUT2D eigenvalue weighted by molar-refractivity contribution is 6.12. The summed E-state index contributed by atoms with van der Waals surface area (Å²) in [6, 6.07) is 9.51. The fourth-order valence-corrected chi connectivity index (χ4v) is 3.02. The monoisotopic (exact) mass is 439 g/mol. The first-order valence-corrected chi connectivity index (χ1v) is 10.8. The van der Waals surface area contributed by atoms with E-state index in [1.165, 1.54) is 6.08 Å². The van der Waals surface area contributed by atoms with E-state index in [0.29, 0.717) is 0 Å². The molecule has 1 unspecified atom stereocenters. The summed E-state index contributed by atoms with van der Waals surface area (Å²) < 4.78 is 11.1. The van der Waals surface area contributed by atoms with Gasteiger partial charge in [0.1, 0.15) is 0 Å².